The number of rotatable bonds is 6. The molecule has 0 heterocycles. The van der Waals surface area contributed by atoms with Crippen molar-refractivity contribution in [2.75, 3.05) is 5.32 Å². The van der Waals surface area contributed by atoms with Gasteiger partial charge in [0.05, 0.1) is 21.5 Å². The molecule has 1 aliphatic rings. The predicted molar refractivity (Wildman–Crippen MR) is 154 cm³/mol. The summed E-state index contributed by atoms with van der Waals surface area (Å²) in [5.74, 6) is -3.00. The number of carboxylic acid groups (broad SMARTS) is 1. The predicted octanol–water partition coefficient (Wildman–Crippen LogP) is 6.59. The molecule has 3 rings (SSSR count). The molecule has 35 heavy (non-hydrogen) atoms. The van der Waals surface area contributed by atoms with Gasteiger partial charge >= 0.3 is 5.97 Å². The summed E-state index contributed by atoms with van der Waals surface area (Å²) in [5, 5.41) is 34.1. The second kappa shape index (κ2) is 11.2. The van der Waals surface area contributed by atoms with E-state index in [9.17, 15) is 25.1 Å². The second-order valence-corrected chi connectivity index (χ2v) is 11.7. The standard InChI is InChI=1S/C25H20Cl2I2N2O4/c1-12(2)16-9-17(18(11-30)13-3-5-14(26)6-4-13)20(27)10-21(16)31-23(32)19-7-15(28)8-22(29)25(19,35)24(33)34/h3-10,12,18,22,35H,1-2H3,(H,31,32)(H,33,34). The van der Waals surface area contributed by atoms with E-state index in [1.807, 2.05) is 36.4 Å². The summed E-state index contributed by atoms with van der Waals surface area (Å²) >= 11 is 16.3. The van der Waals surface area contributed by atoms with Crippen LogP contribution >= 0.6 is 68.4 Å². The van der Waals surface area contributed by atoms with E-state index < -0.39 is 27.3 Å². The smallest absolute Gasteiger partial charge is 0.342 e. The summed E-state index contributed by atoms with van der Waals surface area (Å²) in [6.07, 6.45) is 2.94. The van der Waals surface area contributed by atoms with Gasteiger partial charge in [-0.2, -0.15) is 5.26 Å². The number of allylic oxidation sites excluding steroid dienone is 2. The number of hydrogen-bond acceptors (Lipinski definition) is 4. The quantitative estimate of drug-likeness (QED) is 0.229. The number of nitrogens with one attached hydrogen (secondary N) is 1. The van der Waals surface area contributed by atoms with Crippen molar-refractivity contribution in [1.29, 1.82) is 5.26 Å². The van der Waals surface area contributed by atoms with Crippen molar-refractivity contribution in [2.24, 2.45) is 0 Å². The molecule has 3 unspecified atom stereocenters. The van der Waals surface area contributed by atoms with Crippen LogP contribution in [0.5, 0.6) is 0 Å². The zero-order valence-corrected chi connectivity index (χ0v) is 24.3. The summed E-state index contributed by atoms with van der Waals surface area (Å²) in [5.41, 5.74) is -0.294. The Morgan fingerprint density at radius 3 is 2.34 bits per heavy atom. The molecule has 182 valence electrons. The van der Waals surface area contributed by atoms with Crippen LogP contribution in [0.25, 0.3) is 0 Å². The van der Waals surface area contributed by atoms with Crippen molar-refractivity contribution >= 4 is 85.9 Å². The van der Waals surface area contributed by atoms with Crippen molar-refractivity contribution in [3.8, 4) is 6.07 Å². The van der Waals surface area contributed by atoms with E-state index in [2.05, 4.69) is 11.4 Å². The molecular formula is C25H20Cl2I2N2O4. The molecule has 3 atom stereocenters. The first-order chi connectivity index (χ1) is 16.4. The maximum Gasteiger partial charge on any atom is 0.342 e. The molecule has 0 radical (unpaired) electrons. The number of nitriles is 1. The first kappa shape index (κ1) is 27.9. The molecule has 0 aliphatic heterocycles. The van der Waals surface area contributed by atoms with Crippen LogP contribution in [0.2, 0.25) is 10.0 Å². The lowest BCUT2D eigenvalue weighted by Crippen LogP contribution is -2.52. The minimum absolute atomic E-state index is 0.0677. The van der Waals surface area contributed by atoms with Gasteiger partial charge in [-0.3, -0.25) is 4.79 Å². The first-order valence-corrected chi connectivity index (χ1v) is 13.5. The third-order valence-corrected chi connectivity index (χ3v) is 8.16. The molecule has 1 amide bonds. The molecule has 10 heteroatoms. The van der Waals surface area contributed by atoms with E-state index in [1.165, 1.54) is 6.08 Å². The van der Waals surface area contributed by atoms with Crippen LogP contribution in [0.15, 0.2) is 57.7 Å². The van der Waals surface area contributed by atoms with Gasteiger partial charge in [0.2, 0.25) is 5.60 Å². The molecule has 1 aliphatic carbocycles. The SMILES string of the molecule is CC(C)c1cc(C(C#N)c2ccc(Cl)cc2)c(Cl)cc1NC(=O)C1=CC(I)=CC(I)C1(O)C(=O)O. The Kier molecular flexibility index (Phi) is 8.91. The Bertz CT molecular complexity index is 1290. The number of carbonyl (C=O) groups is 2. The normalized spacial score (nSPS) is 20.5. The van der Waals surface area contributed by atoms with Gasteiger partial charge in [-0.25, -0.2) is 4.79 Å². The molecule has 0 aromatic heterocycles. The van der Waals surface area contributed by atoms with E-state index in [1.54, 1.807) is 65.1 Å². The maximum atomic E-state index is 13.2. The number of carboxylic acids is 1. The summed E-state index contributed by atoms with van der Waals surface area (Å²) < 4.78 is -0.211. The topological polar surface area (TPSA) is 110 Å². The average Bonchev–Trinajstić information content (AvgIpc) is 2.78. The average molecular weight is 737 g/mol. The Hall–Kier alpha value is -1.65. The van der Waals surface area contributed by atoms with Crippen LogP contribution in [0.3, 0.4) is 0 Å². The summed E-state index contributed by atoms with van der Waals surface area (Å²) in [4.78, 5) is 25.2. The van der Waals surface area contributed by atoms with Gasteiger partial charge in [0, 0.05) is 19.3 Å². The molecule has 0 bridgehead atoms. The van der Waals surface area contributed by atoms with Gasteiger partial charge in [-0.1, -0.05) is 83.9 Å². The summed E-state index contributed by atoms with van der Waals surface area (Å²) in [7, 11) is 0. The number of nitrogens with zero attached hydrogens (tertiary/aromatic N) is 1. The number of benzene rings is 2. The van der Waals surface area contributed by atoms with Crippen LogP contribution in [-0.4, -0.2) is 31.6 Å². The highest BCUT2D eigenvalue weighted by Gasteiger charge is 2.50. The van der Waals surface area contributed by atoms with E-state index in [-0.39, 0.29) is 16.5 Å². The Labute approximate surface area is 240 Å². The second-order valence-electron chi connectivity index (χ2n) is 8.27. The molecule has 6 nitrogen and oxygen atoms in total. The zero-order chi connectivity index (χ0) is 26.1. The number of carbonyl (C=O) groups excluding carboxylic acids is 1. The van der Waals surface area contributed by atoms with E-state index in [4.69, 9.17) is 23.2 Å². The van der Waals surface area contributed by atoms with Crippen LogP contribution in [0, 0.1) is 11.3 Å². The lowest BCUT2D eigenvalue weighted by Gasteiger charge is -2.32. The molecule has 0 fully saturated rings. The molecule has 0 saturated heterocycles. The van der Waals surface area contributed by atoms with Crippen LogP contribution in [-0.2, 0) is 9.59 Å². The van der Waals surface area contributed by atoms with Crippen molar-refractivity contribution in [2.45, 2.75) is 35.2 Å². The monoisotopic (exact) mass is 736 g/mol. The molecule has 0 saturated carbocycles. The van der Waals surface area contributed by atoms with E-state index in [0.717, 1.165) is 5.56 Å². The highest BCUT2D eigenvalue weighted by Crippen LogP contribution is 2.39. The number of alkyl halides is 1. The fourth-order valence-corrected chi connectivity index (χ4v) is 6.51. The third kappa shape index (κ3) is 5.69. The maximum absolute atomic E-state index is 13.2. The van der Waals surface area contributed by atoms with Crippen molar-refractivity contribution in [3.63, 3.8) is 0 Å². The Balaban J connectivity index is 2.05. The van der Waals surface area contributed by atoms with E-state index >= 15 is 0 Å². The molecular weight excluding hydrogens is 717 g/mol. The Morgan fingerprint density at radius 1 is 1.17 bits per heavy atom. The van der Waals surface area contributed by atoms with Crippen molar-refractivity contribution in [3.05, 3.63) is 84.4 Å². The largest absolute Gasteiger partial charge is 0.479 e. The fourth-order valence-electron chi connectivity index (χ4n) is 3.76. The van der Waals surface area contributed by atoms with Gasteiger partial charge in [-0.15, -0.1) is 0 Å². The number of hydrogen-bond donors (Lipinski definition) is 3. The minimum atomic E-state index is -2.39. The first-order valence-electron chi connectivity index (χ1n) is 10.4. The van der Waals surface area contributed by atoms with Gasteiger partial charge in [0.25, 0.3) is 5.91 Å². The van der Waals surface area contributed by atoms with Crippen molar-refractivity contribution < 1.29 is 19.8 Å². The molecule has 2 aromatic rings. The summed E-state index contributed by atoms with van der Waals surface area (Å²) in [6, 6.07) is 12.5. The van der Waals surface area contributed by atoms with Crippen LogP contribution < -0.4 is 5.32 Å². The third-order valence-electron chi connectivity index (χ3n) is 5.65. The van der Waals surface area contributed by atoms with Crippen LogP contribution in [0.1, 0.15) is 42.4 Å². The molecule has 0 spiro atoms. The lowest BCUT2D eigenvalue weighted by molar-refractivity contribution is -0.154. The highest BCUT2D eigenvalue weighted by molar-refractivity contribution is 14.1. The number of aliphatic carboxylic acids is 1. The van der Waals surface area contributed by atoms with Crippen molar-refractivity contribution in [1.82, 2.24) is 0 Å². The number of anilines is 1. The number of aliphatic hydroxyl groups is 1. The zero-order valence-electron chi connectivity index (χ0n) is 18.5. The highest BCUT2D eigenvalue weighted by atomic mass is 127. The summed E-state index contributed by atoms with van der Waals surface area (Å²) in [6.45, 7) is 3.85. The molecule has 2 aromatic carbocycles. The van der Waals surface area contributed by atoms with Crippen LogP contribution in [0.4, 0.5) is 5.69 Å². The van der Waals surface area contributed by atoms with Gasteiger partial charge < -0.3 is 15.5 Å². The van der Waals surface area contributed by atoms with Gasteiger partial charge in [-0.05, 0) is 69.5 Å². The lowest BCUT2D eigenvalue weighted by atomic mass is 9.85. The number of halogens is 4. The van der Waals surface area contributed by atoms with Gasteiger partial charge in [0.1, 0.15) is 0 Å². The number of amides is 1. The van der Waals surface area contributed by atoms with E-state index in [0.29, 0.717) is 25.4 Å². The van der Waals surface area contributed by atoms with Gasteiger partial charge in [0.15, 0.2) is 0 Å². The fraction of sp³-hybridized carbons (Fsp3) is 0.240. The Morgan fingerprint density at radius 2 is 1.80 bits per heavy atom. The molecule has 3 N–H and O–H groups in total. The minimum Gasteiger partial charge on any atom is -0.479 e.